The van der Waals surface area contributed by atoms with Crippen molar-refractivity contribution in [1.29, 1.82) is 5.26 Å². The molecule has 2 aromatic rings. The molecule has 0 saturated heterocycles. The van der Waals surface area contributed by atoms with E-state index in [2.05, 4.69) is 6.07 Å². The first-order valence-corrected chi connectivity index (χ1v) is 6.72. The Balaban J connectivity index is 2.04. The van der Waals surface area contributed by atoms with Crippen LogP contribution >= 0.6 is 23.4 Å². The van der Waals surface area contributed by atoms with Gasteiger partial charge in [-0.2, -0.15) is 5.26 Å². The molecule has 0 aliphatic heterocycles. The predicted octanol–water partition coefficient (Wildman–Crippen LogP) is 4.09. The SMILES string of the molecule is N#Cc1ccc(CSc2ccc(Cl)cc2N)cc1. The zero-order chi connectivity index (χ0) is 13.0. The number of rotatable bonds is 3. The summed E-state index contributed by atoms with van der Waals surface area (Å²) in [6.07, 6.45) is 0. The zero-order valence-corrected chi connectivity index (χ0v) is 11.1. The van der Waals surface area contributed by atoms with E-state index < -0.39 is 0 Å². The summed E-state index contributed by atoms with van der Waals surface area (Å²) >= 11 is 7.50. The van der Waals surface area contributed by atoms with Crippen LogP contribution in [0.1, 0.15) is 11.1 Å². The molecule has 2 N–H and O–H groups in total. The molecule has 0 amide bonds. The highest BCUT2D eigenvalue weighted by molar-refractivity contribution is 7.98. The van der Waals surface area contributed by atoms with Gasteiger partial charge in [-0.15, -0.1) is 11.8 Å². The molecule has 2 aromatic carbocycles. The van der Waals surface area contributed by atoms with E-state index in [1.165, 1.54) is 0 Å². The van der Waals surface area contributed by atoms with Crippen LogP contribution in [0.2, 0.25) is 5.02 Å². The summed E-state index contributed by atoms with van der Waals surface area (Å²) in [5, 5.41) is 9.36. The molecule has 0 fully saturated rings. The first kappa shape index (κ1) is 12.8. The third kappa shape index (κ3) is 3.19. The van der Waals surface area contributed by atoms with Crippen LogP contribution in [-0.2, 0) is 5.75 Å². The molecule has 2 nitrogen and oxygen atoms in total. The minimum atomic E-state index is 0.648. The third-order valence-corrected chi connectivity index (χ3v) is 3.84. The summed E-state index contributed by atoms with van der Waals surface area (Å²) in [5.41, 5.74) is 8.41. The van der Waals surface area contributed by atoms with E-state index in [0.29, 0.717) is 16.3 Å². The van der Waals surface area contributed by atoms with Crippen LogP contribution in [0.15, 0.2) is 47.4 Å². The number of halogens is 1. The quantitative estimate of drug-likeness (QED) is 0.677. The molecule has 0 bridgehead atoms. The van der Waals surface area contributed by atoms with Crippen molar-refractivity contribution >= 4 is 29.1 Å². The Hall–Kier alpha value is -1.63. The van der Waals surface area contributed by atoms with Crippen molar-refractivity contribution in [2.24, 2.45) is 0 Å². The van der Waals surface area contributed by atoms with Crippen LogP contribution in [0, 0.1) is 11.3 Å². The molecule has 0 spiro atoms. The second-order valence-corrected chi connectivity index (χ2v) is 5.23. The van der Waals surface area contributed by atoms with E-state index in [1.54, 1.807) is 17.8 Å². The maximum atomic E-state index is 8.71. The van der Waals surface area contributed by atoms with E-state index in [9.17, 15) is 0 Å². The fourth-order valence-corrected chi connectivity index (χ4v) is 2.57. The van der Waals surface area contributed by atoms with Gasteiger partial charge < -0.3 is 5.73 Å². The highest BCUT2D eigenvalue weighted by atomic mass is 35.5. The Morgan fingerprint density at radius 3 is 2.50 bits per heavy atom. The summed E-state index contributed by atoms with van der Waals surface area (Å²) in [7, 11) is 0. The first-order valence-electron chi connectivity index (χ1n) is 5.36. The number of benzene rings is 2. The highest BCUT2D eigenvalue weighted by Gasteiger charge is 2.02. The number of hydrogen-bond donors (Lipinski definition) is 1. The Bertz CT molecular complexity index is 588. The average molecular weight is 275 g/mol. The van der Waals surface area contributed by atoms with Crippen LogP contribution in [-0.4, -0.2) is 0 Å². The molecule has 0 saturated carbocycles. The second kappa shape index (κ2) is 5.81. The number of nitriles is 1. The topological polar surface area (TPSA) is 49.8 Å². The maximum absolute atomic E-state index is 8.71. The van der Waals surface area contributed by atoms with Gasteiger partial charge in [0.1, 0.15) is 0 Å². The molecule has 0 unspecified atom stereocenters. The number of nitrogen functional groups attached to an aromatic ring is 1. The van der Waals surface area contributed by atoms with Crippen LogP contribution in [0.4, 0.5) is 5.69 Å². The summed E-state index contributed by atoms with van der Waals surface area (Å²) in [4.78, 5) is 1.02. The van der Waals surface area contributed by atoms with E-state index in [0.717, 1.165) is 16.2 Å². The van der Waals surface area contributed by atoms with Crippen molar-refractivity contribution in [3.63, 3.8) is 0 Å². The molecule has 0 radical (unpaired) electrons. The molecule has 90 valence electrons. The molecule has 0 aromatic heterocycles. The van der Waals surface area contributed by atoms with Gasteiger partial charge in [0, 0.05) is 21.4 Å². The average Bonchev–Trinajstić information content (AvgIpc) is 2.38. The molecular weight excluding hydrogens is 264 g/mol. The lowest BCUT2D eigenvalue weighted by Crippen LogP contribution is -1.89. The monoisotopic (exact) mass is 274 g/mol. The normalized spacial score (nSPS) is 10.0. The van der Waals surface area contributed by atoms with Crippen molar-refractivity contribution in [1.82, 2.24) is 0 Å². The van der Waals surface area contributed by atoms with Gasteiger partial charge in [-0.3, -0.25) is 0 Å². The lowest BCUT2D eigenvalue weighted by atomic mass is 10.2. The molecule has 0 aliphatic carbocycles. The molecule has 2 rings (SSSR count). The Labute approximate surface area is 115 Å². The van der Waals surface area contributed by atoms with Gasteiger partial charge in [0.25, 0.3) is 0 Å². The van der Waals surface area contributed by atoms with Crippen molar-refractivity contribution in [3.8, 4) is 6.07 Å². The lowest BCUT2D eigenvalue weighted by Gasteiger charge is -2.06. The fourth-order valence-electron chi connectivity index (χ4n) is 1.49. The number of nitrogens with two attached hydrogens (primary N) is 1. The summed E-state index contributed by atoms with van der Waals surface area (Å²) < 4.78 is 0. The Kier molecular flexibility index (Phi) is 4.14. The number of nitrogens with zero attached hydrogens (tertiary/aromatic N) is 1. The maximum Gasteiger partial charge on any atom is 0.0991 e. The number of hydrogen-bond acceptors (Lipinski definition) is 3. The Morgan fingerprint density at radius 1 is 1.17 bits per heavy atom. The van der Waals surface area contributed by atoms with Crippen LogP contribution in [0.5, 0.6) is 0 Å². The van der Waals surface area contributed by atoms with Crippen molar-refractivity contribution in [2.75, 3.05) is 5.73 Å². The summed E-state index contributed by atoms with van der Waals surface area (Å²) in [6.45, 7) is 0. The Morgan fingerprint density at radius 2 is 1.89 bits per heavy atom. The van der Waals surface area contributed by atoms with Crippen molar-refractivity contribution in [2.45, 2.75) is 10.6 Å². The van der Waals surface area contributed by atoms with Gasteiger partial charge in [0.05, 0.1) is 11.6 Å². The molecule has 4 heteroatoms. The van der Waals surface area contributed by atoms with E-state index in [-0.39, 0.29) is 0 Å². The van der Waals surface area contributed by atoms with Gasteiger partial charge in [-0.1, -0.05) is 23.7 Å². The van der Waals surface area contributed by atoms with Gasteiger partial charge >= 0.3 is 0 Å². The van der Waals surface area contributed by atoms with Gasteiger partial charge in [0.2, 0.25) is 0 Å². The third-order valence-electron chi connectivity index (χ3n) is 2.45. The molecule has 18 heavy (non-hydrogen) atoms. The van der Waals surface area contributed by atoms with E-state index >= 15 is 0 Å². The minimum absolute atomic E-state index is 0.648. The van der Waals surface area contributed by atoms with Crippen LogP contribution in [0.3, 0.4) is 0 Å². The smallest absolute Gasteiger partial charge is 0.0991 e. The van der Waals surface area contributed by atoms with E-state index in [1.807, 2.05) is 36.4 Å². The van der Waals surface area contributed by atoms with Crippen LogP contribution in [0.25, 0.3) is 0 Å². The first-order chi connectivity index (χ1) is 8.69. The molecule has 0 atom stereocenters. The number of thioether (sulfide) groups is 1. The standard InChI is InChI=1S/C14H11ClN2S/c15-12-5-6-14(13(17)7-12)18-9-11-3-1-10(8-16)2-4-11/h1-7H,9,17H2. The predicted molar refractivity (Wildman–Crippen MR) is 76.6 cm³/mol. The van der Waals surface area contributed by atoms with Crippen molar-refractivity contribution in [3.05, 3.63) is 58.6 Å². The number of anilines is 1. The molecule has 0 heterocycles. The largest absolute Gasteiger partial charge is 0.398 e. The highest BCUT2D eigenvalue weighted by Crippen LogP contribution is 2.30. The van der Waals surface area contributed by atoms with Gasteiger partial charge in [-0.25, -0.2) is 0 Å². The second-order valence-electron chi connectivity index (χ2n) is 3.78. The fraction of sp³-hybridized carbons (Fsp3) is 0.0714. The minimum Gasteiger partial charge on any atom is -0.398 e. The lowest BCUT2D eigenvalue weighted by molar-refractivity contribution is 1.37. The zero-order valence-electron chi connectivity index (χ0n) is 9.56. The molecule has 0 aliphatic rings. The van der Waals surface area contributed by atoms with Gasteiger partial charge in [0.15, 0.2) is 0 Å². The summed E-state index contributed by atoms with van der Waals surface area (Å²) in [5.74, 6) is 0.817. The van der Waals surface area contributed by atoms with Crippen molar-refractivity contribution < 1.29 is 0 Å². The van der Waals surface area contributed by atoms with Crippen LogP contribution < -0.4 is 5.73 Å². The molecular formula is C14H11ClN2S. The van der Waals surface area contributed by atoms with Gasteiger partial charge in [-0.05, 0) is 35.9 Å². The van der Waals surface area contributed by atoms with E-state index in [4.69, 9.17) is 22.6 Å². The summed E-state index contributed by atoms with van der Waals surface area (Å²) in [6, 6.07) is 15.2.